The third-order valence-corrected chi connectivity index (χ3v) is 8.83. The minimum atomic E-state index is 0.0889. The van der Waals surface area contributed by atoms with Gasteiger partial charge in [-0.25, -0.2) is 0 Å². The van der Waals surface area contributed by atoms with Crippen LogP contribution in [-0.4, -0.2) is 18.1 Å². The van der Waals surface area contributed by atoms with Gasteiger partial charge in [0.05, 0.1) is 6.10 Å². The summed E-state index contributed by atoms with van der Waals surface area (Å²) in [6.45, 7) is 7.34. The van der Waals surface area contributed by atoms with Crippen LogP contribution in [-0.2, 0) is 4.79 Å². The molecule has 1 aromatic rings. The van der Waals surface area contributed by atoms with Crippen LogP contribution in [0, 0.1) is 34.5 Å². The van der Waals surface area contributed by atoms with Crippen molar-refractivity contribution in [1.82, 2.24) is 5.32 Å². The van der Waals surface area contributed by atoms with Crippen molar-refractivity contribution >= 4 is 5.91 Å². The molecule has 4 aliphatic rings. The van der Waals surface area contributed by atoms with Gasteiger partial charge >= 0.3 is 0 Å². The fraction of sp³-hybridized carbons (Fsp3) is 0.640. The molecule has 0 spiro atoms. The number of fused-ring (bicyclic) bond motifs is 5. The van der Waals surface area contributed by atoms with E-state index in [2.05, 4.69) is 56.4 Å². The number of benzene rings is 1. The van der Waals surface area contributed by atoms with Gasteiger partial charge in [-0.15, -0.1) is 0 Å². The Morgan fingerprint density at radius 2 is 1.89 bits per heavy atom. The molecule has 0 aromatic heterocycles. The standard InChI is InChI=1S/C25H33NO2/c1-16-13-21-25(3,12-10-22(27)26-21)19-9-11-24(2)15-18(14-20(24)23(16)19)28-17-7-5-4-6-8-17/h4-8,10,12,16,18-21,23H,9,11,13-15H2,1-3H3,(H,26,27)/t16-,18-,19?,20?,21?,23?,24+,25+/m0/s1. The Morgan fingerprint density at radius 1 is 1.11 bits per heavy atom. The Balaban J connectivity index is 1.42. The van der Waals surface area contributed by atoms with Crippen LogP contribution in [0.3, 0.4) is 0 Å². The maximum absolute atomic E-state index is 12.0. The van der Waals surface area contributed by atoms with Crippen LogP contribution in [0.25, 0.3) is 0 Å². The highest BCUT2D eigenvalue weighted by molar-refractivity contribution is 5.89. The van der Waals surface area contributed by atoms with E-state index in [0.29, 0.717) is 29.4 Å². The molecular weight excluding hydrogens is 346 g/mol. The van der Waals surface area contributed by atoms with Crippen molar-refractivity contribution in [3.8, 4) is 5.75 Å². The first-order valence-electron chi connectivity index (χ1n) is 11.1. The van der Waals surface area contributed by atoms with Crippen molar-refractivity contribution in [1.29, 1.82) is 0 Å². The van der Waals surface area contributed by atoms with Crippen molar-refractivity contribution in [2.75, 3.05) is 0 Å². The van der Waals surface area contributed by atoms with E-state index in [1.807, 2.05) is 6.07 Å². The zero-order chi connectivity index (χ0) is 19.5. The normalized spacial score (nSPS) is 46.9. The minimum absolute atomic E-state index is 0.0889. The third kappa shape index (κ3) is 2.73. The van der Waals surface area contributed by atoms with Gasteiger partial charge < -0.3 is 10.1 Å². The third-order valence-electron chi connectivity index (χ3n) is 8.83. The van der Waals surface area contributed by atoms with E-state index in [-0.39, 0.29) is 11.3 Å². The molecule has 28 heavy (non-hydrogen) atoms. The van der Waals surface area contributed by atoms with Crippen LogP contribution in [0.5, 0.6) is 5.75 Å². The minimum Gasteiger partial charge on any atom is -0.490 e. The molecule has 0 bridgehead atoms. The molecule has 1 aliphatic heterocycles. The molecule has 5 rings (SSSR count). The second-order valence-electron chi connectivity index (χ2n) is 10.4. The number of carbonyl (C=O) groups is 1. The monoisotopic (exact) mass is 379 g/mol. The van der Waals surface area contributed by atoms with Crippen LogP contribution < -0.4 is 10.1 Å². The molecule has 3 heteroatoms. The van der Waals surface area contributed by atoms with E-state index in [1.165, 1.54) is 25.7 Å². The molecule has 3 nitrogen and oxygen atoms in total. The number of ether oxygens (including phenoxy) is 1. The predicted octanol–water partition coefficient (Wildman–Crippen LogP) is 4.98. The number of hydrogen-bond donors (Lipinski definition) is 1. The van der Waals surface area contributed by atoms with Crippen molar-refractivity contribution < 1.29 is 9.53 Å². The summed E-state index contributed by atoms with van der Waals surface area (Å²) >= 11 is 0. The zero-order valence-electron chi connectivity index (χ0n) is 17.4. The van der Waals surface area contributed by atoms with E-state index in [9.17, 15) is 4.79 Å². The van der Waals surface area contributed by atoms with Crippen LogP contribution in [0.4, 0.5) is 0 Å². The predicted molar refractivity (Wildman–Crippen MR) is 111 cm³/mol. The number of para-hydroxylation sites is 1. The van der Waals surface area contributed by atoms with Gasteiger partial charge in [0.15, 0.2) is 0 Å². The Morgan fingerprint density at radius 3 is 2.68 bits per heavy atom. The lowest BCUT2D eigenvalue weighted by Crippen LogP contribution is -2.61. The number of nitrogens with one attached hydrogen (secondary N) is 1. The quantitative estimate of drug-likeness (QED) is 0.787. The SMILES string of the molecule is C[C@H]1CC2NC(=O)C=C[C@]2(C)C2CC[C@]3(C)C[C@@H](Oc4ccccc4)CC3C21. The molecular formula is C25H33NO2. The highest BCUT2D eigenvalue weighted by Gasteiger charge is 2.60. The highest BCUT2D eigenvalue weighted by Crippen LogP contribution is 2.64. The lowest BCUT2D eigenvalue weighted by Gasteiger charge is -2.60. The number of carbonyl (C=O) groups excluding carboxylic acids is 1. The highest BCUT2D eigenvalue weighted by atomic mass is 16.5. The Hall–Kier alpha value is -1.77. The summed E-state index contributed by atoms with van der Waals surface area (Å²) in [4.78, 5) is 12.0. The fourth-order valence-electron chi connectivity index (χ4n) is 7.46. The van der Waals surface area contributed by atoms with Gasteiger partial charge in [-0.05, 0) is 79.4 Å². The van der Waals surface area contributed by atoms with Gasteiger partial charge in [0.1, 0.15) is 5.75 Å². The molecule has 1 heterocycles. The van der Waals surface area contributed by atoms with Gasteiger partial charge in [0, 0.05) is 11.5 Å². The van der Waals surface area contributed by atoms with Gasteiger partial charge in [0.25, 0.3) is 0 Å². The zero-order valence-corrected chi connectivity index (χ0v) is 17.4. The fourth-order valence-corrected chi connectivity index (χ4v) is 7.46. The molecule has 0 radical (unpaired) electrons. The lowest BCUT2D eigenvalue weighted by atomic mass is 9.46. The van der Waals surface area contributed by atoms with Crippen LogP contribution in [0.15, 0.2) is 42.5 Å². The maximum Gasteiger partial charge on any atom is 0.243 e. The molecule has 8 atom stereocenters. The first-order valence-corrected chi connectivity index (χ1v) is 11.1. The average molecular weight is 380 g/mol. The number of amides is 1. The summed E-state index contributed by atoms with van der Waals surface area (Å²) in [5.74, 6) is 3.85. The van der Waals surface area contributed by atoms with Gasteiger partial charge in [-0.1, -0.05) is 45.0 Å². The van der Waals surface area contributed by atoms with E-state index < -0.39 is 0 Å². The van der Waals surface area contributed by atoms with Crippen molar-refractivity contribution in [3.05, 3.63) is 42.5 Å². The first kappa shape index (κ1) is 18.3. The molecule has 1 N–H and O–H groups in total. The first-order chi connectivity index (χ1) is 13.4. The van der Waals surface area contributed by atoms with Crippen LogP contribution in [0.2, 0.25) is 0 Å². The Kier molecular flexibility index (Phi) is 4.16. The second kappa shape index (κ2) is 6.37. The van der Waals surface area contributed by atoms with E-state index in [1.54, 1.807) is 6.08 Å². The smallest absolute Gasteiger partial charge is 0.243 e. The van der Waals surface area contributed by atoms with Crippen molar-refractivity contribution in [3.63, 3.8) is 0 Å². The van der Waals surface area contributed by atoms with Crippen LogP contribution >= 0.6 is 0 Å². The molecule has 3 aliphatic carbocycles. The van der Waals surface area contributed by atoms with Gasteiger partial charge in [-0.3, -0.25) is 4.79 Å². The van der Waals surface area contributed by atoms with Crippen LogP contribution in [0.1, 0.15) is 52.9 Å². The molecule has 4 unspecified atom stereocenters. The Labute approximate surface area is 168 Å². The topological polar surface area (TPSA) is 38.3 Å². The summed E-state index contributed by atoms with van der Waals surface area (Å²) in [6.07, 6.45) is 10.4. The number of hydrogen-bond acceptors (Lipinski definition) is 2. The van der Waals surface area contributed by atoms with E-state index in [4.69, 9.17) is 4.74 Å². The molecule has 150 valence electrons. The Bertz CT molecular complexity index is 789. The molecule has 0 saturated heterocycles. The number of rotatable bonds is 2. The molecule has 1 amide bonds. The van der Waals surface area contributed by atoms with E-state index in [0.717, 1.165) is 24.0 Å². The second-order valence-corrected chi connectivity index (χ2v) is 10.4. The summed E-state index contributed by atoms with van der Waals surface area (Å²) < 4.78 is 6.42. The lowest BCUT2D eigenvalue weighted by molar-refractivity contribution is -0.124. The molecule has 1 aromatic carbocycles. The summed E-state index contributed by atoms with van der Waals surface area (Å²) in [5.41, 5.74) is 0.491. The van der Waals surface area contributed by atoms with E-state index >= 15 is 0 Å². The molecule has 3 fully saturated rings. The largest absolute Gasteiger partial charge is 0.490 e. The summed E-state index contributed by atoms with van der Waals surface area (Å²) in [7, 11) is 0. The summed E-state index contributed by atoms with van der Waals surface area (Å²) in [6, 6.07) is 10.6. The average Bonchev–Trinajstić information content (AvgIpc) is 3.00. The van der Waals surface area contributed by atoms with Gasteiger partial charge in [-0.2, -0.15) is 0 Å². The maximum atomic E-state index is 12.0. The van der Waals surface area contributed by atoms with Crippen molar-refractivity contribution in [2.24, 2.45) is 34.5 Å². The molecule has 3 saturated carbocycles. The van der Waals surface area contributed by atoms with Gasteiger partial charge in [0.2, 0.25) is 5.91 Å². The van der Waals surface area contributed by atoms with Crippen molar-refractivity contribution in [2.45, 2.75) is 65.0 Å². The summed E-state index contributed by atoms with van der Waals surface area (Å²) in [5, 5.41) is 3.28.